The number of methoxy groups -OCH3 is 1. The third kappa shape index (κ3) is 3.69. The second-order valence-corrected chi connectivity index (χ2v) is 6.35. The number of nitrogens with zero attached hydrogens (tertiary/aromatic N) is 7. The number of imidazole rings is 1. The molecule has 0 atom stereocenters. The lowest BCUT2D eigenvalue weighted by Crippen LogP contribution is -2.10. The van der Waals surface area contributed by atoms with E-state index in [1.165, 1.54) is 36.3 Å². The Morgan fingerprint density at radius 2 is 2.10 bits per heavy atom. The normalized spacial score (nSPS) is 11.0. The summed E-state index contributed by atoms with van der Waals surface area (Å²) in [5.74, 6) is -0.0578. The van der Waals surface area contributed by atoms with Gasteiger partial charge in [0.2, 0.25) is 0 Å². The van der Waals surface area contributed by atoms with Crippen molar-refractivity contribution in [3.63, 3.8) is 0 Å². The van der Waals surface area contributed by atoms with Crippen molar-refractivity contribution < 1.29 is 18.7 Å². The van der Waals surface area contributed by atoms with E-state index in [-0.39, 0.29) is 11.7 Å². The first-order valence-corrected chi connectivity index (χ1v) is 9.21. The Bertz CT molecular complexity index is 1200. The summed E-state index contributed by atoms with van der Waals surface area (Å²) >= 11 is 0. The molecular weight excluding hydrogens is 393 g/mol. The van der Waals surface area contributed by atoms with Gasteiger partial charge in [0.1, 0.15) is 12.0 Å². The first-order valence-electron chi connectivity index (χ1n) is 9.21. The van der Waals surface area contributed by atoms with Crippen molar-refractivity contribution in [2.75, 3.05) is 7.11 Å². The van der Waals surface area contributed by atoms with E-state index in [9.17, 15) is 9.18 Å². The van der Waals surface area contributed by atoms with Crippen molar-refractivity contribution in [3.8, 4) is 17.5 Å². The molecule has 4 rings (SSSR count). The van der Waals surface area contributed by atoms with E-state index in [1.807, 2.05) is 6.92 Å². The molecule has 0 bridgehead atoms. The molecule has 11 heteroatoms. The summed E-state index contributed by atoms with van der Waals surface area (Å²) in [5.41, 5.74) is 2.24. The van der Waals surface area contributed by atoms with Crippen LogP contribution in [0, 0.1) is 5.82 Å². The Kier molecular flexibility index (Phi) is 5.33. The fourth-order valence-electron chi connectivity index (χ4n) is 3.09. The van der Waals surface area contributed by atoms with Gasteiger partial charge >= 0.3 is 12.2 Å². The molecule has 0 unspecified atom stereocenters. The van der Waals surface area contributed by atoms with Gasteiger partial charge in [-0.25, -0.2) is 24.1 Å². The smallest absolute Gasteiger partial charge is 0.437 e. The molecule has 0 N–H and O–H groups in total. The van der Waals surface area contributed by atoms with Crippen molar-refractivity contribution in [1.29, 1.82) is 0 Å². The standard InChI is InChI=1S/C19H18FN7O3/c1-3-5-12-14(23-11-27-16(12)24-18(25-27)30-19(28)29-2)10-26-9-8-22-17(26)15-13(20)6-4-7-21-15/h4,6-9,11H,3,5,10H2,1-2H3. The zero-order valence-corrected chi connectivity index (χ0v) is 16.3. The van der Waals surface area contributed by atoms with Gasteiger partial charge in [-0.15, -0.1) is 5.10 Å². The lowest BCUT2D eigenvalue weighted by atomic mass is 10.1. The molecule has 4 aromatic heterocycles. The largest absolute Gasteiger partial charge is 0.516 e. The molecule has 10 nitrogen and oxygen atoms in total. The highest BCUT2D eigenvalue weighted by Crippen LogP contribution is 2.22. The number of pyridine rings is 1. The predicted octanol–water partition coefficient (Wildman–Crippen LogP) is 2.67. The summed E-state index contributed by atoms with van der Waals surface area (Å²) in [7, 11) is 1.20. The molecule has 0 aliphatic heterocycles. The highest BCUT2D eigenvalue weighted by molar-refractivity contribution is 5.63. The van der Waals surface area contributed by atoms with Gasteiger partial charge in [0, 0.05) is 24.2 Å². The quantitative estimate of drug-likeness (QED) is 0.446. The van der Waals surface area contributed by atoms with Crippen molar-refractivity contribution in [2.24, 2.45) is 0 Å². The number of carbonyl (C=O) groups excluding carboxylic acids is 1. The van der Waals surface area contributed by atoms with Crippen LogP contribution >= 0.6 is 0 Å². The molecule has 30 heavy (non-hydrogen) atoms. The highest BCUT2D eigenvalue weighted by atomic mass is 19.1. The molecule has 0 radical (unpaired) electrons. The third-order valence-corrected chi connectivity index (χ3v) is 4.40. The van der Waals surface area contributed by atoms with Crippen LogP contribution in [0.15, 0.2) is 37.1 Å². The lowest BCUT2D eigenvalue weighted by Gasteiger charge is -2.11. The second kappa shape index (κ2) is 8.23. The first-order chi connectivity index (χ1) is 14.6. The number of fused-ring (bicyclic) bond motifs is 1. The van der Waals surface area contributed by atoms with Crippen LogP contribution in [-0.2, 0) is 17.7 Å². The van der Waals surface area contributed by atoms with E-state index in [4.69, 9.17) is 4.74 Å². The maximum Gasteiger partial charge on any atom is 0.516 e. The average Bonchev–Trinajstić information content (AvgIpc) is 3.36. The molecule has 0 aliphatic rings. The summed E-state index contributed by atoms with van der Waals surface area (Å²) in [6.45, 7) is 2.36. The van der Waals surface area contributed by atoms with Crippen molar-refractivity contribution in [1.82, 2.24) is 34.1 Å². The van der Waals surface area contributed by atoms with Gasteiger partial charge in [-0.2, -0.15) is 9.50 Å². The van der Waals surface area contributed by atoms with E-state index < -0.39 is 12.0 Å². The van der Waals surface area contributed by atoms with Crippen molar-refractivity contribution in [3.05, 3.63) is 54.1 Å². The molecule has 154 valence electrons. The molecule has 0 saturated carbocycles. The van der Waals surface area contributed by atoms with Gasteiger partial charge in [-0.1, -0.05) is 13.3 Å². The van der Waals surface area contributed by atoms with E-state index >= 15 is 0 Å². The zero-order valence-electron chi connectivity index (χ0n) is 16.3. The van der Waals surface area contributed by atoms with E-state index in [2.05, 4.69) is 29.8 Å². The van der Waals surface area contributed by atoms with Crippen LogP contribution in [0.1, 0.15) is 24.6 Å². The van der Waals surface area contributed by atoms with Gasteiger partial charge in [-0.3, -0.25) is 0 Å². The molecule has 0 aromatic carbocycles. The van der Waals surface area contributed by atoms with Gasteiger partial charge in [0.25, 0.3) is 0 Å². The van der Waals surface area contributed by atoms with Crippen LogP contribution in [0.25, 0.3) is 17.2 Å². The summed E-state index contributed by atoms with van der Waals surface area (Å²) < 4.78 is 26.8. The number of halogens is 1. The van der Waals surface area contributed by atoms with Gasteiger partial charge < -0.3 is 14.0 Å². The molecule has 0 fully saturated rings. The minimum absolute atomic E-state index is 0.128. The van der Waals surface area contributed by atoms with E-state index in [1.54, 1.807) is 17.0 Å². The van der Waals surface area contributed by atoms with Gasteiger partial charge in [0.05, 0.1) is 19.3 Å². The molecule has 0 amide bonds. The van der Waals surface area contributed by atoms with Crippen LogP contribution in [-0.4, -0.2) is 47.4 Å². The SMILES string of the molecule is CCCc1c(Cn2ccnc2-c2ncccc2F)ncn2nc(OC(=O)OC)nc12. The number of aryl methyl sites for hydroxylation is 1. The molecular formula is C19H18FN7O3. The molecule has 4 aromatic rings. The number of ether oxygens (including phenoxy) is 2. The summed E-state index contributed by atoms with van der Waals surface area (Å²) in [5, 5.41) is 4.10. The minimum Gasteiger partial charge on any atom is -0.437 e. The Hall–Kier alpha value is -3.89. The molecule has 4 heterocycles. The van der Waals surface area contributed by atoms with Crippen molar-refractivity contribution >= 4 is 11.8 Å². The number of carbonyl (C=O) groups is 1. The molecule has 0 saturated heterocycles. The maximum atomic E-state index is 14.2. The number of aromatic nitrogens is 7. The predicted molar refractivity (Wildman–Crippen MR) is 102 cm³/mol. The van der Waals surface area contributed by atoms with Crippen molar-refractivity contribution in [2.45, 2.75) is 26.3 Å². The summed E-state index contributed by atoms with van der Waals surface area (Å²) in [6.07, 6.45) is 6.92. The minimum atomic E-state index is -0.906. The van der Waals surface area contributed by atoms with Gasteiger partial charge in [-0.05, 0) is 18.6 Å². The molecule has 0 spiro atoms. The Labute approximate surface area is 170 Å². The first kappa shape index (κ1) is 19.4. The van der Waals surface area contributed by atoms with Crippen LogP contribution in [0.5, 0.6) is 6.01 Å². The average molecular weight is 411 g/mol. The third-order valence-electron chi connectivity index (χ3n) is 4.40. The fourth-order valence-corrected chi connectivity index (χ4v) is 3.09. The van der Waals surface area contributed by atoms with E-state index in [0.717, 1.165) is 17.7 Å². The zero-order chi connectivity index (χ0) is 21.1. The summed E-state index contributed by atoms with van der Waals surface area (Å²) in [6, 6.07) is 2.74. The Morgan fingerprint density at radius 1 is 1.23 bits per heavy atom. The Balaban J connectivity index is 1.73. The topological polar surface area (TPSA) is 109 Å². The lowest BCUT2D eigenvalue weighted by molar-refractivity contribution is 0.118. The van der Waals surface area contributed by atoms with Crippen LogP contribution in [0.2, 0.25) is 0 Å². The van der Waals surface area contributed by atoms with Crippen LogP contribution in [0.3, 0.4) is 0 Å². The number of hydrogen-bond acceptors (Lipinski definition) is 8. The fraction of sp³-hybridized carbons (Fsp3) is 0.263. The number of rotatable bonds is 6. The van der Waals surface area contributed by atoms with Crippen LogP contribution < -0.4 is 4.74 Å². The maximum absolute atomic E-state index is 14.2. The second-order valence-electron chi connectivity index (χ2n) is 6.35. The van der Waals surface area contributed by atoms with E-state index in [0.29, 0.717) is 24.4 Å². The summed E-state index contributed by atoms with van der Waals surface area (Å²) in [4.78, 5) is 28.5. The molecule has 0 aliphatic carbocycles. The van der Waals surface area contributed by atoms with Gasteiger partial charge in [0.15, 0.2) is 17.3 Å². The Morgan fingerprint density at radius 3 is 2.87 bits per heavy atom. The number of hydrogen-bond donors (Lipinski definition) is 0. The monoisotopic (exact) mass is 411 g/mol. The van der Waals surface area contributed by atoms with Crippen LogP contribution in [0.4, 0.5) is 9.18 Å². The highest BCUT2D eigenvalue weighted by Gasteiger charge is 2.18.